The van der Waals surface area contributed by atoms with Crippen molar-refractivity contribution in [3.8, 4) is 11.8 Å². The van der Waals surface area contributed by atoms with Gasteiger partial charge in [0.1, 0.15) is 5.60 Å². The summed E-state index contributed by atoms with van der Waals surface area (Å²) in [5.41, 5.74) is -0.834. The summed E-state index contributed by atoms with van der Waals surface area (Å²) >= 11 is 0. The monoisotopic (exact) mass is 195 g/mol. The molecule has 1 N–H and O–H groups in total. The number of nitrogens with zero attached hydrogens (tertiary/aromatic N) is 1. The van der Waals surface area contributed by atoms with E-state index in [1.54, 1.807) is 6.92 Å². The Balaban J connectivity index is 2.38. The molecular weight excluding hydrogens is 174 g/mol. The Morgan fingerprint density at radius 2 is 1.93 bits per heavy atom. The van der Waals surface area contributed by atoms with Crippen LogP contribution in [0.5, 0.6) is 0 Å². The van der Waals surface area contributed by atoms with Crippen LogP contribution in [0.1, 0.15) is 33.6 Å². The predicted molar refractivity (Wildman–Crippen MR) is 58.9 cm³/mol. The highest BCUT2D eigenvalue weighted by atomic mass is 16.3. The van der Waals surface area contributed by atoms with E-state index in [4.69, 9.17) is 0 Å². The van der Waals surface area contributed by atoms with Crippen molar-refractivity contribution in [2.24, 2.45) is 5.92 Å². The summed E-state index contributed by atoms with van der Waals surface area (Å²) in [5.74, 6) is 6.21. The fourth-order valence-corrected chi connectivity index (χ4v) is 1.42. The number of hydrogen-bond donors (Lipinski definition) is 1. The van der Waals surface area contributed by atoms with Gasteiger partial charge in [-0.3, -0.25) is 4.90 Å². The fraction of sp³-hybridized carbons (Fsp3) is 0.833. The molecule has 0 aromatic rings. The molecule has 1 heterocycles. The smallest absolute Gasteiger partial charge is 0.125 e. The summed E-state index contributed by atoms with van der Waals surface area (Å²) < 4.78 is 0. The maximum atomic E-state index is 9.87. The van der Waals surface area contributed by atoms with Crippen molar-refractivity contribution in [3.05, 3.63) is 0 Å². The minimum atomic E-state index is -0.834. The van der Waals surface area contributed by atoms with Gasteiger partial charge in [0, 0.05) is 0 Å². The second-order valence-electron chi connectivity index (χ2n) is 4.59. The summed E-state index contributed by atoms with van der Waals surface area (Å²) in [6, 6.07) is 0. The molecule has 1 aliphatic rings. The van der Waals surface area contributed by atoms with Crippen LogP contribution in [0.2, 0.25) is 0 Å². The molecule has 0 aromatic heterocycles. The minimum Gasteiger partial charge on any atom is -0.378 e. The van der Waals surface area contributed by atoms with Gasteiger partial charge in [-0.2, -0.15) is 0 Å². The lowest BCUT2D eigenvalue weighted by molar-refractivity contribution is 0.0725. The molecule has 2 heteroatoms. The van der Waals surface area contributed by atoms with Crippen LogP contribution in [0.3, 0.4) is 0 Å². The molecule has 0 amide bonds. The number of aliphatic hydroxyl groups is 1. The van der Waals surface area contributed by atoms with Gasteiger partial charge in [0.25, 0.3) is 0 Å². The molecule has 0 unspecified atom stereocenters. The predicted octanol–water partition coefficient (Wildman–Crippen LogP) is 1.49. The first-order chi connectivity index (χ1) is 6.52. The molecule has 0 bridgehead atoms. The van der Waals surface area contributed by atoms with Crippen LogP contribution in [0.4, 0.5) is 0 Å². The van der Waals surface area contributed by atoms with E-state index in [-0.39, 0.29) is 5.92 Å². The molecule has 1 atom stereocenters. The van der Waals surface area contributed by atoms with Crippen LogP contribution < -0.4 is 0 Å². The van der Waals surface area contributed by atoms with Crippen LogP contribution in [0.25, 0.3) is 0 Å². The molecular formula is C12H21NO. The first-order valence-corrected chi connectivity index (χ1v) is 5.47. The molecule has 0 aliphatic carbocycles. The van der Waals surface area contributed by atoms with Gasteiger partial charge in [-0.25, -0.2) is 0 Å². The topological polar surface area (TPSA) is 23.5 Å². The summed E-state index contributed by atoms with van der Waals surface area (Å²) in [4.78, 5) is 2.34. The Labute approximate surface area is 87.3 Å². The van der Waals surface area contributed by atoms with E-state index < -0.39 is 5.60 Å². The second-order valence-corrected chi connectivity index (χ2v) is 4.59. The zero-order chi connectivity index (χ0) is 10.6. The third kappa shape index (κ3) is 3.32. The third-order valence-corrected chi connectivity index (χ3v) is 2.97. The highest BCUT2D eigenvalue weighted by Crippen LogP contribution is 2.14. The maximum absolute atomic E-state index is 9.87. The van der Waals surface area contributed by atoms with Crippen LogP contribution in [-0.2, 0) is 0 Å². The van der Waals surface area contributed by atoms with E-state index in [0.717, 1.165) is 6.54 Å². The average Bonchev–Trinajstić information content (AvgIpc) is 2.56. The standard InChI is InChI=1S/C12H21NO/c1-11(2)12(3,14)7-6-10-13-8-4-5-9-13/h11,14H,4-5,8-10H2,1-3H3/t12-/m1/s1. The third-order valence-electron chi connectivity index (χ3n) is 2.97. The van der Waals surface area contributed by atoms with Gasteiger partial charge < -0.3 is 5.11 Å². The molecule has 1 aliphatic heterocycles. The maximum Gasteiger partial charge on any atom is 0.125 e. The van der Waals surface area contributed by atoms with Gasteiger partial charge in [0.2, 0.25) is 0 Å². The number of rotatable bonds is 2. The molecule has 2 nitrogen and oxygen atoms in total. The van der Waals surface area contributed by atoms with Crippen molar-refractivity contribution in [1.82, 2.24) is 4.90 Å². The number of hydrogen-bond acceptors (Lipinski definition) is 2. The Hall–Kier alpha value is -0.520. The molecule has 0 radical (unpaired) electrons. The second kappa shape index (κ2) is 4.82. The van der Waals surface area contributed by atoms with Gasteiger partial charge in [-0.1, -0.05) is 25.7 Å². The Morgan fingerprint density at radius 1 is 1.36 bits per heavy atom. The number of likely N-dealkylation sites (tertiary alicyclic amines) is 1. The van der Waals surface area contributed by atoms with Crippen molar-refractivity contribution >= 4 is 0 Å². The zero-order valence-electron chi connectivity index (χ0n) is 9.51. The van der Waals surface area contributed by atoms with Gasteiger partial charge in [-0.15, -0.1) is 0 Å². The lowest BCUT2D eigenvalue weighted by Crippen LogP contribution is -2.29. The molecule has 1 fully saturated rings. The Morgan fingerprint density at radius 3 is 2.43 bits per heavy atom. The lowest BCUT2D eigenvalue weighted by Gasteiger charge is -2.20. The highest BCUT2D eigenvalue weighted by Gasteiger charge is 2.21. The van der Waals surface area contributed by atoms with Gasteiger partial charge in [0.05, 0.1) is 6.54 Å². The van der Waals surface area contributed by atoms with Crippen LogP contribution in [0.15, 0.2) is 0 Å². The summed E-state index contributed by atoms with van der Waals surface area (Å²) in [7, 11) is 0. The molecule has 14 heavy (non-hydrogen) atoms. The van der Waals surface area contributed by atoms with Gasteiger partial charge in [-0.05, 0) is 38.8 Å². The summed E-state index contributed by atoms with van der Waals surface area (Å²) in [5, 5.41) is 9.87. The van der Waals surface area contributed by atoms with Crippen LogP contribution >= 0.6 is 0 Å². The van der Waals surface area contributed by atoms with Crippen molar-refractivity contribution in [1.29, 1.82) is 0 Å². The average molecular weight is 195 g/mol. The zero-order valence-corrected chi connectivity index (χ0v) is 9.51. The quantitative estimate of drug-likeness (QED) is 0.675. The fourth-order valence-electron chi connectivity index (χ4n) is 1.42. The first kappa shape index (κ1) is 11.6. The molecule has 0 aromatic carbocycles. The molecule has 1 saturated heterocycles. The SMILES string of the molecule is CC(C)[C@](C)(O)C#CCN1CCCC1. The Kier molecular flexibility index (Phi) is 3.97. The van der Waals surface area contributed by atoms with E-state index in [2.05, 4.69) is 16.7 Å². The first-order valence-electron chi connectivity index (χ1n) is 5.47. The van der Waals surface area contributed by atoms with E-state index in [1.807, 2.05) is 13.8 Å². The van der Waals surface area contributed by atoms with Gasteiger partial charge in [0.15, 0.2) is 0 Å². The van der Waals surface area contributed by atoms with Crippen LogP contribution in [-0.4, -0.2) is 35.2 Å². The van der Waals surface area contributed by atoms with Gasteiger partial charge >= 0.3 is 0 Å². The lowest BCUT2D eigenvalue weighted by atomic mass is 9.93. The van der Waals surface area contributed by atoms with E-state index in [1.165, 1.54) is 25.9 Å². The highest BCUT2D eigenvalue weighted by molar-refractivity contribution is 5.14. The van der Waals surface area contributed by atoms with Crippen molar-refractivity contribution in [2.75, 3.05) is 19.6 Å². The van der Waals surface area contributed by atoms with Crippen LogP contribution in [0, 0.1) is 17.8 Å². The summed E-state index contributed by atoms with van der Waals surface area (Å²) in [6.45, 7) is 8.91. The minimum absolute atomic E-state index is 0.188. The largest absolute Gasteiger partial charge is 0.378 e. The van der Waals surface area contributed by atoms with E-state index >= 15 is 0 Å². The summed E-state index contributed by atoms with van der Waals surface area (Å²) in [6.07, 6.45) is 2.59. The van der Waals surface area contributed by atoms with E-state index in [0.29, 0.717) is 0 Å². The molecule has 1 rings (SSSR count). The van der Waals surface area contributed by atoms with E-state index in [9.17, 15) is 5.11 Å². The van der Waals surface area contributed by atoms with Crippen molar-refractivity contribution in [3.63, 3.8) is 0 Å². The van der Waals surface area contributed by atoms with Crippen molar-refractivity contribution < 1.29 is 5.11 Å². The van der Waals surface area contributed by atoms with Crippen molar-refractivity contribution in [2.45, 2.75) is 39.2 Å². The molecule has 80 valence electrons. The molecule has 0 spiro atoms. The molecule has 0 saturated carbocycles. The Bertz CT molecular complexity index is 228. The normalized spacial score (nSPS) is 21.8.